The minimum Gasteiger partial charge on any atom is -0.633 e. The van der Waals surface area contributed by atoms with E-state index in [4.69, 9.17) is 0 Å². The summed E-state index contributed by atoms with van der Waals surface area (Å²) in [5.41, 5.74) is 2.67. The maximum absolute atomic E-state index is 11.3. The molecule has 0 unspecified atom stereocenters. The first-order valence-corrected chi connectivity index (χ1v) is 5.14. The van der Waals surface area contributed by atoms with Gasteiger partial charge < -0.3 is 9.85 Å². The molecule has 0 fully saturated rings. The number of rotatable bonds is 5. The van der Waals surface area contributed by atoms with Gasteiger partial charge in [-0.2, -0.15) is 0 Å². The summed E-state index contributed by atoms with van der Waals surface area (Å²) in [6.07, 6.45) is 6.42. The Balaban J connectivity index is 3.85. The van der Waals surface area contributed by atoms with E-state index in [9.17, 15) is 5.21 Å². The summed E-state index contributed by atoms with van der Waals surface area (Å²) in [6, 6.07) is 0. The van der Waals surface area contributed by atoms with Gasteiger partial charge in [-0.3, -0.25) is 0 Å². The third-order valence-corrected chi connectivity index (χ3v) is 1.97. The van der Waals surface area contributed by atoms with Crippen molar-refractivity contribution in [2.24, 2.45) is 0 Å². The minimum atomic E-state index is -0.236. The Kier molecular flexibility index (Phi) is 5.73. The normalized spacial score (nSPS) is 12.9. The van der Waals surface area contributed by atoms with Crippen molar-refractivity contribution in [1.29, 1.82) is 0 Å². The first-order valence-electron chi connectivity index (χ1n) is 5.14. The smallest absolute Gasteiger partial charge is 0.0969 e. The summed E-state index contributed by atoms with van der Waals surface area (Å²) in [5, 5.41) is 11.3. The average Bonchev–Trinajstić information content (AvgIpc) is 1.99. The lowest BCUT2D eigenvalue weighted by atomic mass is 10.1. The molecule has 0 aromatic rings. The van der Waals surface area contributed by atoms with E-state index in [-0.39, 0.29) is 4.65 Å². The van der Waals surface area contributed by atoms with Gasteiger partial charge in [0.2, 0.25) is 0 Å². The Morgan fingerprint density at radius 3 is 2.14 bits per heavy atom. The zero-order valence-corrected chi connectivity index (χ0v) is 10.1. The molecule has 0 rings (SSSR count). The molecule has 0 atom stereocenters. The van der Waals surface area contributed by atoms with Crippen molar-refractivity contribution in [1.82, 2.24) is 0 Å². The fourth-order valence-corrected chi connectivity index (χ4v) is 1.07. The van der Waals surface area contributed by atoms with Crippen LogP contribution in [0, 0.1) is 5.21 Å². The highest BCUT2D eigenvalue weighted by Crippen LogP contribution is 2.07. The molecule has 0 radical (unpaired) electrons. The molecule has 14 heavy (non-hydrogen) atoms. The summed E-state index contributed by atoms with van der Waals surface area (Å²) < 4.78 is -0.236. The van der Waals surface area contributed by atoms with Crippen molar-refractivity contribution < 1.29 is 4.65 Å². The van der Waals surface area contributed by atoms with Gasteiger partial charge in [0.1, 0.15) is 0 Å². The standard InChI is InChI=1S/C12H23NO/c1-11(2)7-6-8-12(3)9-10-13(4,5)14/h7,9H,6,8,10H2,1-5H3. The molecule has 2 nitrogen and oxygen atoms in total. The van der Waals surface area contributed by atoms with Gasteiger partial charge in [0, 0.05) is 0 Å². The summed E-state index contributed by atoms with van der Waals surface area (Å²) in [4.78, 5) is 0. The number of likely N-dealkylation sites (N-methyl/N-ethyl adjacent to an activating group) is 1. The predicted octanol–water partition coefficient (Wildman–Crippen LogP) is 3.25. The molecule has 0 spiro atoms. The van der Waals surface area contributed by atoms with Gasteiger partial charge in [-0.25, -0.2) is 0 Å². The molecule has 0 aliphatic rings. The van der Waals surface area contributed by atoms with Gasteiger partial charge in [0.25, 0.3) is 0 Å². The van der Waals surface area contributed by atoms with Gasteiger partial charge in [-0.05, 0) is 39.7 Å². The molecule has 0 heterocycles. The second-order valence-electron chi connectivity index (χ2n) is 4.63. The highest BCUT2D eigenvalue weighted by Gasteiger charge is 1.97. The van der Waals surface area contributed by atoms with E-state index < -0.39 is 0 Å². The third-order valence-electron chi connectivity index (χ3n) is 1.97. The van der Waals surface area contributed by atoms with Crippen LogP contribution < -0.4 is 0 Å². The molecule has 0 N–H and O–H groups in total. The number of hydroxylamine groups is 3. The zero-order chi connectivity index (χ0) is 11.2. The summed E-state index contributed by atoms with van der Waals surface area (Å²) in [6.45, 7) is 6.88. The zero-order valence-electron chi connectivity index (χ0n) is 10.1. The number of nitrogens with zero attached hydrogens (tertiary/aromatic N) is 1. The SMILES string of the molecule is CC(C)=CCCC(C)=CC[N+](C)(C)[O-]. The Morgan fingerprint density at radius 1 is 1.14 bits per heavy atom. The van der Waals surface area contributed by atoms with E-state index in [1.165, 1.54) is 11.1 Å². The molecule has 0 saturated heterocycles. The molecule has 82 valence electrons. The molecule has 0 bridgehead atoms. The number of allylic oxidation sites excluding steroid dienone is 3. The van der Waals surface area contributed by atoms with Crippen molar-refractivity contribution in [2.75, 3.05) is 20.6 Å². The number of hydrogen-bond acceptors (Lipinski definition) is 1. The van der Waals surface area contributed by atoms with Gasteiger partial charge >= 0.3 is 0 Å². The van der Waals surface area contributed by atoms with Crippen molar-refractivity contribution >= 4 is 0 Å². The van der Waals surface area contributed by atoms with E-state index >= 15 is 0 Å². The molecule has 0 amide bonds. The van der Waals surface area contributed by atoms with Gasteiger partial charge in [0.05, 0.1) is 20.6 Å². The quantitative estimate of drug-likeness (QED) is 0.377. The van der Waals surface area contributed by atoms with Crippen LogP contribution in [0.2, 0.25) is 0 Å². The Morgan fingerprint density at radius 2 is 1.71 bits per heavy atom. The van der Waals surface area contributed by atoms with Crippen molar-refractivity contribution in [3.8, 4) is 0 Å². The van der Waals surface area contributed by atoms with Crippen LogP contribution in [-0.4, -0.2) is 25.3 Å². The largest absolute Gasteiger partial charge is 0.633 e. The van der Waals surface area contributed by atoms with Gasteiger partial charge in [0.15, 0.2) is 0 Å². The first kappa shape index (κ1) is 13.4. The Labute approximate surface area is 88.1 Å². The van der Waals surface area contributed by atoms with Crippen LogP contribution in [0.3, 0.4) is 0 Å². The molecular formula is C12H23NO. The maximum Gasteiger partial charge on any atom is 0.0969 e. The summed E-state index contributed by atoms with van der Waals surface area (Å²) >= 11 is 0. The topological polar surface area (TPSA) is 23.1 Å². The Bertz CT molecular complexity index is 217. The predicted molar refractivity (Wildman–Crippen MR) is 62.8 cm³/mol. The minimum absolute atomic E-state index is 0.236. The van der Waals surface area contributed by atoms with E-state index in [0.717, 1.165) is 12.8 Å². The molecule has 2 heteroatoms. The molecule has 0 aromatic carbocycles. The monoisotopic (exact) mass is 197 g/mol. The molecule has 0 saturated carbocycles. The van der Waals surface area contributed by atoms with Crippen LogP contribution in [0.25, 0.3) is 0 Å². The lowest BCUT2D eigenvalue weighted by molar-refractivity contribution is -0.833. The van der Waals surface area contributed by atoms with Gasteiger partial charge in [-0.15, -0.1) is 0 Å². The van der Waals surface area contributed by atoms with Crippen LogP contribution in [0.4, 0.5) is 0 Å². The lowest BCUT2D eigenvalue weighted by Crippen LogP contribution is -2.32. The average molecular weight is 197 g/mol. The molecule has 0 aliphatic carbocycles. The van der Waals surface area contributed by atoms with E-state index in [0.29, 0.717) is 6.54 Å². The van der Waals surface area contributed by atoms with Crippen LogP contribution >= 0.6 is 0 Å². The van der Waals surface area contributed by atoms with Crippen LogP contribution in [-0.2, 0) is 0 Å². The first-order chi connectivity index (χ1) is 6.31. The van der Waals surface area contributed by atoms with Crippen molar-refractivity contribution in [2.45, 2.75) is 33.6 Å². The van der Waals surface area contributed by atoms with Crippen LogP contribution in [0.1, 0.15) is 33.6 Å². The molecule has 0 aromatic heterocycles. The highest BCUT2D eigenvalue weighted by atomic mass is 16.5. The Hall–Kier alpha value is -0.600. The van der Waals surface area contributed by atoms with Crippen molar-refractivity contribution in [3.63, 3.8) is 0 Å². The van der Waals surface area contributed by atoms with E-state index in [2.05, 4.69) is 26.8 Å². The number of hydrogen-bond donors (Lipinski definition) is 0. The molecular weight excluding hydrogens is 174 g/mol. The van der Waals surface area contributed by atoms with Crippen LogP contribution in [0.5, 0.6) is 0 Å². The fraction of sp³-hybridized carbons (Fsp3) is 0.667. The maximum atomic E-state index is 11.3. The third kappa shape index (κ3) is 9.49. The summed E-state index contributed by atoms with van der Waals surface area (Å²) in [5.74, 6) is 0. The van der Waals surface area contributed by atoms with Gasteiger partial charge in [-0.1, -0.05) is 17.2 Å². The highest BCUT2D eigenvalue weighted by molar-refractivity contribution is 5.02. The second kappa shape index (κ2) is 5.99. The van der Waals surface area contributed by atoms with Crippen molar-refractivity contribution in [3.05, 3.63) is 28.5 Å². The fourth-order valence-electron chi connectivity index (χ4n) is 1.07. The van der Waals surface area contributed by atoms with E-state index in [1.807, 2.05) is 6.08 Å². The molecule has 0 aliphatic heterocycles. The van der Waals surface area contributed by atoms with Crippen LogP contribution in [0.15, 0.2) is 23.3 Å². The lowest BCUT2D eigenvalue weighted by Gasteiger charge is -2.32. The second-order valence-corrected chi connectivity index (χ2v) is 4.63. The summed E-state index contributed by atoms with van der Waals surface area (Å²) in [7, 11) is 3.33. The number of quaternary nitrogens is 1. The van der Waals surface area contributed by atoms with E-state index in [1.54, 1.807) is 14.1 Å².